The van der Waals surface area contributed by atoms with Crippen LogP contribution >= 0.6 is 15.9 Å². The Bertz CT molecular complexity index is 840. The zero-order valence-electron chi connectivity index (χ0n) is 13.2. The largest absolute Gasteiger partial charge is 0.550 e. The quantitative estimate of drug-likeness (QED) is 0.646. The van der Waals surface area contributed by atoms with Gasteiger partial charge in [0.15, 0.2) is 0 Å². The smallest absolute Gasteiger partial charge is 0.243 e. The molecule has 0 aliphatic heterocycles. The van der Waals surface area contributed by atoms with Crippen molar-refractivity contribution in [3.63, 3.8) is 0 Å². The normalized spacial score (nSPS) is 11.6. The molecule has 0 N–H and O–H groups in total. The molecule has 2 rings (SSSR count). The van der Waals surface area contributed by atoms with Crippen LogP contribution in [0.5, 0.6) is 0 Å². The molecule has 5 nitrogen and oxygen atoms in total. The van der Waals surface area contributed by atoms with E-state index < -0.39 is 21.8 Å². The van der Waals surface area contributed by atoms with Crippen LogP contribution in [0.3, 0.4) is 0 Å². The second kappa shape index (κ2) is 8.55. The molecular weight excluding hydrogens is 413 g/mol. The van der Waals surface area contributed by atoms with Gasteiger partial charge < -0.3 is 9.90 Å². The first-order valence-electron chi connectivity index (χ1n) is 7.49. The molecule has 25 heavy (non-hydrogen) atoms. The van der Waals surface area contributed by atoms with Crippen molar-refractivity contribution in [3.05, 3.63) is 64.4 Å². The lowest BCUT2D eigenvalue weighted by atomic mass is 10.2. The standard InChI is InChI=1S/C17H17BrFNO4S/c18-14-4-1-3-13(11-14)12-20(10-2-5-17(21)22)25(23,24)16-8-6-15(19)7-9-16/h1,3-4,6-9,11H,2,5,10,12H2,(H,21,22)/p-1. The number of carboxylic acids is 1. The van der Waals surface area contributed by atoms with E-state index in [0.29, 0.717) is 0 Å². The minimum Gasteiger partial charge on any atom is -0.550 e. The summed E-state index contributed by atoms with van der Waals surface area (Å²) in [4.78, 5) is 10.6. The van der Waals surface area contributed by atoms with Crippen molar-refractivity contribution in [2.45, 2.75) is 24.3 Å². The number of aliphatic carboxylic acids is 1. The Morgan fingerprint density at radius 2 is 1.84 bits per heavy atom. The number of nitrogens with zero attached hydrogens (tertiary/aromatic N) is 1. The maximum Gasteiger partial charge on any atom is 0.243 e. The molecule has 0 atom stereocenters. The molecule has 0 aliphatic carbocycles. The summed E-state index contributed by atoms with van der Waals surface area (Å²) in [6, 6.07) is 11.7. The molecule has 2 aromatic carbocycles. The number of hydrogen-bond donors (Lipinski definition) is 0. The Labute approximate surface area is 154 Å². The van der Waals surface area contributed by atoms with Crippen molar-refractivity contribution in [2.75, 3.05) is 6.54 Å². The molecule has 2 aromatic rings. The Kier molecular flexibility index (Phi) is 6.69. The predicted molar refractivity (Wildman–Crippen MR) is 92.4 cm³/mol. The van der Waals surface area contributed by atoms with E-state index in [-0.39, 0.29) is 30.8 Å². The zero-order chi connectivity index (χ0) is 18.4. The highest BCUT2D eigenvalue weighted by Gasteiger charge is 2.24. The molecule has 0 bridgehead atoms. The molecular formula is C17H16BrFNO4S-. The van der Waals surface area contributed by atoms with Gasteiger partial charge in [0.25, 0.3) is 0 Å². The van der Waals surface area contributed by atoms with Gasteiger partial charge in [-0.3, -0.25) is 0 Å². The van der Waals surface area contributed by atoms with E-state index >= 15 is 0 Å². The van der Waals surface area contributed by atoms with Crippen LogP contribution in [0.1, 0.15) is 18.4 Å². The van der Waals surface area contributed by atoms with Crippen LogP contribution in [-0.4, -0.2) is 25.2 Å². The summed E-state index contributed by atoms with van der Waals surface area (Å²) in [7, 11) is -3.89. The molecule has 0 aliphatic rings. The fourth-order valence-corrected chi connectivity index (χ4v) is 4.19. The van der Waals surface area contributed by atoms with Crippen LogP contribution in [0, 0.1) is 5.82 Å². The van der Waals surface area contributed by atoms with Crippen molar-refractivity contribution in [1.29, 1.82) is 0 Å². The summed E-state index contributed by atoms with van der Waals surface area (Å²) in [5.41, 5.74) is 0.744. The van der Waals surface area contributed by atoms with Crippen LogP contribution in [0.4, 0.5) is 4.39 Å². The van der Waals surface area contributed by atoms with E-state index in [4.69, 9.17) is 0 Å². The first kappa shape index (κ1) is 19.6. The Morgan fingerprint density at radius 1 is 1.16 bits per heavy atom. The maximum atomic E-state index is 13.1. The summed E-state index contributed by atoms with van der Waals surface area (Å²) < 4.78 is 40.7. The van der Waals surface area contributed by atoms with Crippen molar-refractivity contribution in [1.82, 2.24) is 4.31 Å². The molecule has 0 unspecified atom stereocenters. The number of sulfonamides is 1. The van der Waals surface area contributed by atoms with Crippen LogP contribution < -0.4 is 5.11 Å². The first-order chi connectivity index (χ1) is 11.8. The van der Waals surface area contributed by atoms with Gasteiger partial charge in [-0.25, -0.2) is 12.8 Å². The minimum absolute atomic E-state index is 0.0141. The van der Waals surface area contributed by atoms with Crippen LogP contribution in [0.15, 0.2) is 57.9 Å². The van der Waals surface area contributed by atoms with Crippen LogP contribution in [0.25, 0.3) is 0 Å². The fraction of sp³-hybridized carbons (Fsp3) is 0.235. The molecule has 0 amide bonds. The highest BCUT2D eigenvalue weighted by molar-refractivity contribution is 9.10. The first-order valence-corrected chi connectivity index (χ1v) is 9.72. The van der Waals surface area contributed by atoms with Crippen molar-refractivity contribution in [2.24, 2.45) is 0 Å². The number of halogens is 2. The van der Waals surface area contributed by atoms with Crippen molar-refractivity contribution in [3.8, 4) is 0 Å². The summed E-state index contributed by atoms with van der Waals surface area (Å²) in [5.74, 6) is -1.77. The molecule has 0 radical (unpaired) electrons. The lowest BCUT2D eigenvalue weighted by Gasteiger charge is -2.22. The monoisotopic (exact) mass is 428 g/mol. The van der Waals surface area contributed by atoms with Crippen LogP contribution in [-0.2, 0) is 21.4 Å². The number of carbonyl (C=O) groups is 1. The highest BCUT2D eigenvalue weighted by Crippen LogP contribution is 2.21. The SMILES string of the molecule is O=C([O-])CCCN(Cc1cccc(Br)c1)S(=O)(=O)c1ccc(F)cc1. The molecule has 0 saturated carbocycles. The molecule has 0 heterocycles. The molecule has 0 fully saturated rings. The third kappa shape index (κ3) is 5.62. The van der Waals surface area contributed by atoms with E-state index in [1.54, 1.807) is 18.2 Å². The lowest BCUT2D eigenvalue weighted by molar-refractivity contribution is -0.305. The second-order valence-electron chi connectivity index (χ2n) is 5.40. The van der Waals surface area contributed by atoms with Gasteiger partial charge in [0.1, 0.15) is 5.82 Å². The van der Waals surface area contributed by atoms with Gasteiger partial charge in [-0.05, 0) is 54.8 Å². The van der Waals surface area contributed by atoms with Gasteiger partial charge in [0.2, 0.25) is 10.0 Å². The van der Waals surface area contributed by atoms with Crippen molar-refractivity contribution >= 4 is 31.9 Å². The van der Waals surface area contributed by atoms with E-state index in [9.17, 15) is 22.7 Å². The van der Waals surface area contributed by atoms with Gasteiger partial charge in [-0.1, -0.05) is 28.1 Å². The predicted octanol–water partition coefficient (Wildman–Crippen LogP) is 2.31. The number of hydrogen-bond acceptors (Lipinski definition) is 4. The van der Waals surface area contributed by atoms with Gasteiger partial charge in [0, 0.05) is 23.5 Å². The Morgan fingerprint density at radius 3 is 2.44 bits per heavy atom. The molecule has 134 valence electrons. The molecule has 8 heteroatoms. The summed E-state index contributed by atoms with van der Waals surface area (Å²) in [6.07, 6.45) is -0.120. The van der Waals surface area contributed by atoms with Crippen molar-refractivity contribution < 1.29 is 22.7 Å². The van der Waals surface area contributed by atoms with E-state index in [1.165, 1.54) is 16.4 Å². The topological polar surface area (TPSA) is 77.5 Å². The second-order valence-corrected chi connectivity index (χ2v) is 8.25. The van der Waals surface area contributed by atoms with E-state index in [2.05, 4.69) is 15.9 Å². The summed E-state index contributed by atoms with van der Waals surface area (Å²) in [6.45, 7) is 0.0897. The minimum atomic E-state index is -3.89. The fourth-order valence-electron chi connectivity index (χ4n) is 2.28. The average Bonchev–Trinajstić information content (AvgIpc) is 2.54. The molecule has 0 aromatic heterocycles. The Hall–Kier alpha value is -1.77. The zero-order valence-corrected chi connectivity index (χ0v) is 15.6. The number of benzene rings is 2. The third-order valence-corrected chi connectivity index (χ3v) is 5.84. The van der Waals surface area contributed by atoms with Gasteiger partial charge in [-0.2, -0.15) is 4.31 Å². The third-order valence-electron chi connectivity index (χ3n) is 3.49. The van der Waals surface area contributed by atoms with Gasteiger partial charge in [0.05, 0.1) is 4.90 Å². The highest BCUT2D eigenvalue weighted by atomic mass is 79.9. The average molecular weight is 429 g/mol. The maximum absolute atomic E-state index is 13.1. The van der Waals surface area contributed by atoms with Gasteiger partial charge in [-0.15, -0.1) is 0 Å². The van der Waals surface area contributed by atoms with E-state index in [0.717, 1.165) is 22.2 Å². The number of carboxylic acid groups (broad SMARTS) is 1. The van der Waals surface area contributed by atoms with E-state index in [1.807, 2.05) is 6.07 Å². The van der Waals surface area contributed by atoms with Crippen LogP contribution in [0.2, 0.25) is 0 Å². The number of rotatable bonds is 8. The number of carbonyl (C=O) groups excluding carboxylic acids is 1. The Balaban J connectivity index is 2.28. The molecule has 0 spiro atoms. The summed E-state index contributed by atoms with van der Waals surface area (Å²) in [5, 5.41) is 10.6. The summed E-state index contributed by atoms with van der Waals surface area (Å²) >= 11 is 3.33. The lowest BCUT2D eigenvalue weighted by Crippen LogP contribution is -2.33. The molecule has 0 saturated heterocycles. The van der Waals surface area contributed by atoms with Gasteiger partial charge >= 0.3 is 0 Å².